The van der Waals surface area contributed by atoms with Crippen molar-refractivity contribution in [3.05, 3.63) is 59.7 Å². The first-order chi connectivity index (χ1) is 12.1. The van der Waals surface area contributed by atoms with Crippen LogP contribution >= 0.6 is 11.8 Å². The number of aliphatic carboxylic acids is 1. The van der Waals surface area contributed by atoms with E-state index in [0.717, 1.165) is 34.0 Å². The van der Waals surface area contributed by atoms with E-state index in [-0.39, 0.29) is 12.5 Å². The zero-order chi connectivity index (χ0) is 17.4. The molecular weight excluding hydrogens is 338 g/mol. The van der Waals surface area contributed by atoms with Gasteiger partial charge in [0.2, 0.25) is 0 Å². The number of hydrogen-bond acceptors (Lipinski definition) is 5. The van der Waals surface area contributed by atoms with Crippen LogP contribution < -0.4 is 5.32 Å². The van der Waals surface area contributed by atoms with Crippen molar-refractivity contribution >= 4 is 23.7 Å². The van der Waals surface area contributed by atoms with Crippen LogP contribution in [-0.2, 0) is 14.3 Å². The van der Waals surface area contributed by atoms with Crippen LogP contribution in [0.5, 0.6) is 0 Å². The number of fused-ring (bicyclic) bond motifs is 3. The Kier molecular flexibility index (Phi) is 4.01. The first kappa shape index (κ1) is 16.2. The van der Waals surface area contributed by atoms with Gasteiger partial charge in [-0.3, -0.25) is 5.32 Å². The largest absolute Gasteiger partial charge is 0.479 e. The molecule has 128 valence electrons. The fraction of sp³-hybridized carbons (Fsp3) is 0.263. The van der Waals surface area contributed by atoms with Crippen molar-refractivity contribution < 1.29 is 19.4 Å². The highest BCUT2D eigenvalue weighted by Gasteiger charge is 2.51. The lowest BCUT2D eigenvalue weighted by atomic mass is 9.98. The molecule has 6 heteroatoms. The molecule has 1 aliphatic heterocycles. The summed E-state index contributed by atoms with van der Waals surface area (Å²) in [6.45, 7) is 0.602. The summed E-state index contributed by atoms with van der Waals surface area (Å²) in [5.74, 6) is -1.44. The van der Waals surface area contributed by atoms with Gasteiger partial charge >= 0.3 is 11.9 Å². The summed E-state index contributed by atoms with van der Waals surface area (Å²) in [5, 5.41) is 12.2. The Morgan fingerprint density at radius 3 is 2.24 bits per heavy atom. The van der Waals surface area contributed by atoms with E-state index in [1.54, 1.807) is 0 Å². The Morgan fingerprint density at radius 2 is 1.72 bits per heavy atom. The van der Waals surface area contributed by atoms with Gasteiger partial charge in [0, 0.05) is 18.2 Å². The number of ether oxygens (including phenoxy) is 1. The lowest BCUT2D eigenvalue weighted by Crippen LogP contribution is -2.53. The molecule has 0 unspecified atom stereocenters. The zero-order valence-corrected chi connectivity index (χ0v) is 14.2. The van der Waals surface area contributed by atoms with Gasteiger partial charge in [-0.2, -0.15) is 0 Å². The molecule has 25 heavy (non-hydrogen) atoms. The van der Waals surface area contributed by atoms with Crippen LogP contribution in [0.15, 0.2) is 48.5 Å². The first-order valence-electron chi connectivity index (χ1n) is 8.11. The molecule has 0 amide bonds. The number of carbonyl (C=O) groups excluding carboxylic acids is 1. The molecule has 2 aromatic rings. The molecule has 0 radical (unpaired) electrons. The third-order valence-corrected chi connectivity index (χ3v) is 6.05. The van der Waals surface area contributed by atoms with Gasteiger partial charge in [-0.05, 0) is 22.3 Å². The fourth-order valence-corrected chi connectivity index (χ4v) is 4.55. The summed E-state index contributed by atoms with van der Waals surface area (Å²) in [4.78, 5) is 22.4. The molecule has 0 spiro atoms. The lowest BCUT2D eigenvalue weighted by Gasteiger charge is -2.23. The number of benzene rings is 2. The van der Waals surface area contributed by atoms with Gasteiger partial charge < -0.3 is 9.84 Å². The van der Waals surface area contributed by atoms with E-state index in [2.05, 4.69) is 17.4 Å². The predicted molar refractivity (Wildman–Crippen MR) is 95.5 cm³/mol. The normalized spacial score (nSPS) is 21.6. The number of nitrogens with one attached hydrogen (secondary N) is 1. The van der Waals surface area contributed by atoms with Crippen LogP contribution in [0.1, 0.15) is 17.0 Å². The second-order valence-corrected chi connectivity index (χ2v) is 7.40. The van der Waals surface area contributed by atoms with Crippen LogP contribution in [0.2, 0.25) is 0 Å². The van der Waals surface area contributed by atoms with Crippen molar-refractivity contribution in [2.24, 2.45) is 0 Å². The molecular formula is C19H17NO4S. The smallest absolute Gasteiger partial charge is 0.348 e. The van der Waals surface area contributed by atoms with Crippen molar-refractivity contribution in [3.8, 4) is 11.1 Å². The molecule has 2 aromatic carbocycles. The minimum absolute atomic E-state index is 0.0754. The monoisotopic (exact) mass is 355 g/mol. The summed E-state index contributed by atoms with van der Waals surface area (Å²) >= 11 is 1.07. The summed E-state index contributed by atoms with van der Waals surface area (Å²) < 4.78 is 5.49. The molecule has 1 saturated heterocycles. The molecule has 1 aliphatic carbocycles. The average Bonchev–Trinajstić information content (AvgIpc) is 3.24. The molecule has 0 aromatic heterocycles. The van der Waals surface area contributed by atoms with Crippen LogP contribution in [0.4, 0.5) is 0 Å². The lowest BCUT2D eigenvalue weighted by molar-refractivity contribution is -0.157. The highest BCUT2D eigenvalue weighted by Crippen LogP contribution is 2.44. The Morgan fingerprint density at radius 1 is 1.12 bits per heavy atom. The molecule has 4 rings (SSSR count). The topological polar surface area (TPSA) is 75.6 Å². The van der Waals surface area contributed by atoms with E-state index >= 15 is 0 Å². The molecule has 2 N–H and O–H groups in total. The molecule has 0 bridgehead atoms. The quantitative estimate of drug-likeness (QED) is 0.648. The Labute approximate surface area is 149 Å². The SMILES string of the molecule is O=C(O)[C@@]1(C(=O)OCC2c3ccccc3-c3ccccc32)NCCS1. The number of carboxylic acid groups (broad SMARTS) is 1. The van der Waals surface area contributed by atoms with Gasteiger partial charge in [0.05, 0.1) is 0 Å². The van der Waals surface area contributed by atoms with Crippen LogP contribution in [-0.4, -0.2) is 40.8 Å². The Bertz CT molecular complexity index is 799. The number of carboxylic acids is 1. The molecule has 0 saturated carbocycles. The van der Waals surface area contributed by atoms with Gasteiger partial charge in [-0.1, -0.05) is 48.5 Å². The van der Waals surface area contributed by atoms with Crippen molar-refractivity contribution in [3.63, 3.8) is 0 Å². The number of rotatable bonds is 4. The van der Waals surface area contributed by atoms with E-state index in [1.165, 1.54) is 0 Å². The molecule has 5 nitrogen and oxygen atoms in total. The van der Waals surface area contributed by atoms with Gasteiger partial charge in [-0.15, -0.1) is 11.8 Å². The summed E-state index contributed by atoms with van der Waals surface area (Å²) in [5.41, 5.74) is 4.49. The first-order valence-corrected chi connectivity index (χ1v) is 9.10. The average molecular weight is 355 g/mol. The third-order valence-electron chi connectivity index (χ3n) is 4.73. The summed E-state index contributed by atoms with van der Waals surface area (Å²) in [6, 6.07) is 16.1. The van der Waals surface area contributed by atoms with Gasteiger partial charge in [0.15, 0.2) is 0 Å². The second kappa shape index (κ2) is 6.20. The van der Waals surface area contributed by atoms with E-state index in [9.17, 15) is 14.7 Å². The maximum atomic E-state index is 12.5. The second-order valence-electron chi connectivity index (χ2n) is 6.09. The number of esters is 1. The number of hydrogen-bond donors (Lipinski definition) is 2. The summed E-state index contributed by atoms with van der Waals surface area (Å²) in [7, 11) is 0. The predicted octanol–water partition coefficient (Wildman–Crippen LogP) is 2.46. The highest BCUT2D eigenvalue weighted by molar-refractivity contribution is 8.02. The van der Waals surface area contributed by atoms with Crippen molar-refractivity contribution in [1.82, 2.24) is 5.32 Å². The summed E-state index contributed by atoms with van der Waals surface area (Å²) in [6.07, 6.45) is 0. The maximum absolute atomic E-state index is 12.5. The highest BCUT2D eigenvalue weighted by atomic mass is 32.2. The maximum Gasteiger partial charge on any atom is 0.348 e. The standard InChI is InChI=1S/C19H17NO4S/c21-17(22)19(20-9-10-25-19)18(23)24-11-16-14-7-3-1-5-12(14)13-6-2-4-8-15(13)16/h1-8,16,20H,9-11H2,(H,21,22)/t19-/m1/s1. The number of carbonyl (C=O) groups is 2. The third kappa shape index (κ3) is 2.53. The zero-order valence-electron chi connectivity index (χ0n) is 13.4. The van der Waals surface area contributed by atoms with Crippen molar-refractivity contribution in [1.29, 1.82) is 0 Å². The van der Waals surface area contributed by atoms with E-state index in [0.29, 0.717) is 12.3 Å². The Hall–Kier alpha value is -2.31. The molecule has 1 heterocycles. The van der Waals surface area contributed by atoms with E-state index in [1.807, 2.05) is 36.4 Å². The van der Waals surface area contributed by atoms with Gasteiger partial charge in [0.25, 0.3) is 4.87 Å². The van der Waals surface area contributed by atoms with Gasteiger partial charge in [0.1, 0.15) is 6.61 Å². The van der Waals surface area contributed by atoms with E-state index < -0.39 is 16.8 Å². The van der Waals surface area contributed by atoms with Gasteiger partial charge in [-0.25, -0.2) is 9.59 Å². The minimum atomic E-state index is -1.68. The van der Waals surface area contributed by atoms with Crippen molar-refractivity contribution in [2.75, 3.05) is 18.9 Å². The molecule has 2 aliphatic rings. The molecule has 1 atom stereocenters. The Balaban J connectivity index is 1.59. The van der Waals surface area contributed by atoms with E-state index in [4.69, 9.17) is 4.74 Å². The molecule has 1 fully saturated rings. The number of thioether (sulfide) groups is 1. The minimum Gasteiger partial charge on any atom is -0.479 e. The van der Waals surface area contributed by atoms with Crippen LogP contribution in [0.25, 0.3) is 11.1 Å². The fourth-order valence-electron chi connectivity index (χ4n) is 3.54. The van der Waals surface area contributed by atoms with Crippen molar-refractivity contribution in [2.45, 2.75) is 10.8 Å². The van der Waals surface area contributed by atoms with Crippen LogP contribution in [0.3, 0.4) is 0 Å². The van der Waals surface area contributed by atoms with Crippen LogP contribution in [0, 0.1) is 0 Å².